The normalized spacial score (nSPS) is 9.75. The van der Waals surface area contributed by atoms with E-state index in [0.29, 0.717) is 0 Å². The minimum Gasteiger partial charge on any atom is -1.00 e. The number of fused-ring (bicyclic) bond motifs is 2. The van der Waals surface area contributed by atoms with Crippen LogP contribution in [-0.2, 0) is 38.7 Å². The van der Waals surface area contributed by atoms with Crippen molar-refractivity contribution >= 4 is 21.5 Å². The van der Waals surface area contributed by atoms with Gasteiger partial charge >= 0.3 is 0 Å². The Labute approximate surface area is 227 Å². The van der Waals surface area contributed by atoms with Crippen LogP contribution in [0.25, 0.3) is 21.5 Å². The molecule has 4 aromatic carbocycles. The van der Waals surface area contributed by atoms with E-state index in [-0.39, 0.29) is 50.7 Å². The molecule has 0 bridgehead atoms. The van der Waals surface area contributed by atoms with Crippen molar-refractivity contribution in [3.05, 3.63) is 97.8 Å². The van der Waals surface area contributed by atoms with Gasteiger partial charge in [-0.1, -0.05) is 39.8 Å². The summed E-state index contributed by atoms with van der Waals surface area (Å²) in [5.41, 5.74) is 2.94. The maximum atomic E-state index is 3.38. The van der Waals surface area contributed by atoms with Crippen molar-refractivity contribution in [1.82, 2.24) is 0 Å². The molecule has 0 aliphatic heterocycles. The third kappa shape index (κ3) is 11.3. The van der Waals surface area contributed by atoms with E-state index >= 15 is 0 Å². The average molecular weight is 634 g/mol. The van der Waals surface area contributed by atoms with Crippen molar-refractivity contribution in [2.75, 3.05) is 0 Å². The van der Waals surface area contributed by atoms with Crippen molar-refractivity contribution in [1.29, 1.82) is 0 Å². The van der Waals surface area contributed by atoms with Gasteiger partial charge in [-0.2, -0.15) is 12.1 Å². The Bertz CT molecular complexity index is 833. The standard InChI is InChI=1S/2C13H15.C3H6.2ClH.Hf/c2*1-10(2)7-11-8-12-5-3-4-6-13(12)9-11;1-3-2;;;/h2*3-6,8-10H,7H2,1-2H3;1-3H2;2*1H;/q2*-1;-2;;;/p-2. The molecule has 0 radical (unpaired) electrons. The third-order valence-corrected chi connectivity index (χ3v) is 4.64. The molecule has 0 N–H and O–H groups in total. The van der Waals surface area contributed by atoms with Crippen molar-refractivity contribution in [2.24, 2.45) is 11.8 Å². The van der Waals surface area contributed by atoms with E-state index in [2.05, 4.69) is 114 Å². The second-order valence-electron chi connectivity index (χ2n) is 8.53. The Morgan fingerprint density at radius 3 is 1.25 bits per heavy atom. The molecule has 0 spiro atoms. The molecule has 0 atom stereocenters. The second-order valence-corrected chi connectivity index (χ2v) is 8.53. The Kier molecular flexibility index (Phi) is 18.3. The van der Waals surface area contributed by atoms with Gasteiger partial charge in [0.2, 0.25) is 0 Å². The summed E-state index contributed by atoms with van der Waals surface area (Å²) in [4.78, 5) is 0. The number of hydrogen-bond acceptors (Lipinski definition) is 0. The van der Waals surface area contributed by atoms with Gasteiger partial charge in [-0.25, -0.2) is 0 Å². The molecule has 0 nitrogen and oxygen atoms in total. The van der Waals surface area contributed by atoms with E-state index < -0.39 is 0 Å². The predicted octanol–water partition coefficient (Wildman–Crippen LogP) is 2.56. The Balaban J connectivity index is 0. The van der Waals surface area contributed by atoms with E-state index in [4.69, 9.17) is 0 Å². The third-order valence-electron chi connectivity index (χ3n) is 4.64. The topological polar surface area (TPSA) is 0 Å². The van der Waals surface area contributed by atoms with E-state index in [9.17, 15) is 0 Å². The summed E-state index contributed by atoms with van der Waals surface area (Å²) in [6.45, 7) is 15.8. The summed E-state index contributed by atoms with van der Waals surface area (Å²) in [5, 5.41) is 5.49. The molecule has 0 amide bonds. The van der Waals surface area contributed by atoms with Crippen LogP contribution in [0.5, 0.6) is 0 Å². The first kappa shape index (κ1) is 33.3. The smallest absolute Gasteiger partial charge is 0 e. The molecule has 0 heterocycles. The van der Waals surface area contributed by atoms with E-state index in [1.807, 2.05) is 0 Å². The number of benzene rings is 2. The monoisotopic (exact) mass is 634 g/mol. The van der Waals surface area contributed by atoms with Gasteiger partial charge in [0, 0.05) is 25.8 Å². The molecular formula is C29H36Cl2Hf-6. The Morgan fingerprint density at radius 1 is 0.656 bits per heavy atom. The molecule has 0 aliphatic carbocycles. The largest absolute Gasteiger partial charge is 1.00 e. The van der Waals surface area contributed by atoms with Crippen LogP contribution in [0.4, 0.5) is 0 Å². The van der Waals surface area contributed by atoms with Gasteiger partial charge < -0.3 is 45.1 Å². The van der Waals surface area contributed by atoms with Crippen LogP contribution in [-0.4, -0.2) is 0 Å². The van der Waals surface area contributed by atoms with Gasteiger partial charge in [-0.3, -0.25) is 0 Å². The predicted molar refractivity (Wildman–Crippen MR) is 131 cm³/mol. The molecule has 3 heteroatoms. The molecule has 0 aliphatic rings. The zero-order valence-corrected chi connectivity index (χ0v) is 25.0. The van der Waals surface area contributed by atoms with E-state index in [0.717, 1.165) is 18.3 Å². The zero-order valence-electron chi connectivity index (χ0n) is 19.9. The van der Waals surface area contributed by atoms with Crippen LogP contribution in [0.2, 0.25) is 0 Å². The van der Waals surface area contributed by atoms with Gasteiger partial charge in [0.1, 0.15) is 0 Å². The molecule has 0 fully saturated rings. The van der Waals surface area contributed by atoms with Crippen molar-refractivity contribution in [3.8, 4) is 0 Å². The first-order valence-electron chi connectivity index (χ1n) is 10.8. The van der Waals surface area contributed by atoms with E-state index in [1.165, 1.54) is 45.5 Å². The van der Waals surface area contributed by atoms with Crippen LogP contribution in [0.15, 0.2) is 72.8 Å². The second kappa shape index (κ2) is 17.6. The van der Waals surface area contributed by atoms with Crippen LogP contribution < -0.4 is 24.8 Å². The van der Waals surface area contributed by atoms with E-state index in [1.54, 1.807) is 0 Å². The van der Waals surface area contributed by atoms with Crippen LogP contribution in [0, 0.1) is 25.7 Å². The minimum absolute atomic E-state index is 0. The first-order chi connectivity index (χ1) is 13.9. The van der Waals surface area contributed by atoms with Gasteiger partial charge in [0.25, 0.3) is 0 Å². The molecule has 4 aromatic rings. The molecule has 0 saturated heterocycles. The SMILES string of the molecule is CC(C)Cc1cc2ccccc2[cH-]1.CC(C)Cc1cc2ccccc2[cH-]1.[CH2-]C[CH2-].[Cl-].[Cl-].[Hf]. The fourth-order valence-electron chi connectivity index (χ4n) is 3.61. The van der Waals surface area contributed by atoms with Gasteiger partial charge in [-0.15, -0.1) is 81.2 Å². The van der Waals surface area contributed by atoms with Crippen LogP contribution in [0.3, 0.4) is 0 Å². The number of halogens is 2. The van der Waals surface area contributed by atoms with Gasteiger partial charge in [0.05, 0.1) is 0 Å². The summed E-state index contributed by atoms with van der Waals surface area (Å²) < 4.78 is 0. The maximum Gasteiger partial charge on any atom is 0 e. The molecule has 4 rings (SSSR count). The Morgan fingerprint density at radius 2 is 0.969 bits per heavy atom. The molecule has 32 heavy (non-hydrogen) atoms. The number of hydrogen-bond donors (Lipinski definition) is 0. The first-order valence-corrected chi connectivity index (χ1v) is 10.8. The summed E-state index contributed by atoms with van der Waals surface area (Å²) in [5.74, 6) is 1.49. The average Bonchev–Trinajstić information content (AvgIpc) is 3.24. The summed E-state index contributed by atoms with van der Waals surface area (Å²) >= 11 is 0. The maximum absolute atomic E-state index is 3.38. The van der Waals surface area contributed by atoms with Gasteiger partial charge in [0.15, 0.2) is 0 Å². The molecule has 0 unspecified atom stereocenters. The van der Waals surface area contributed by atoms with Crippen LogP contribution >= 0.6 is 0 Å². The van der Waals surface area contributed by atoms with Crippen molar-refractivity contribution < 1.29 is 50.7 Å². The van der Waals surface area contributed by atoms with Crippen molar-refractivity contribution in [3.63, 3.8) is 0 Å². The quantitative estimate of drug-likeness (QED) is 0.240. The summed E-state index contributed by atoms with van der Waals surface area (Å²) in [6.07, 6.45) is 3.13. The number of rotatable bonds is 4. The minimum atomic E-state index is 0. The molecule has 0 aromatic heterocycles. The van der Waals surface area contributed by atoms with Gasteiger partial charge in [-0.05, 0) is 24.7 Å². The summed E-state index contributed by atoms with van der Waals surface area (Å²) in [7, 11) is 0. The fourth-order valence-corrected chi connectivity index (χ4v) is 3.61. The zero-order chi connectivity index (χ0) is 21.2. The molecule has 176 valence electrons. The Hall–Kier alpha value is -0.890. The van der Waals surface area contributed by atoms with Crippen molar-refractivity contribution in [2.45, 2.75) is 47.0 Å². The molecular weight excluding hydrogens is 598 g/mol. The van der Waals surface area contributed by atoms with Crippen LogP contribution in [0.1, 0.15) is 45.2 Å². The molecule has 0 saturated carbocycles. The fraction of sp³-hybridized carbons (Fsp3) is 0.310. The summed E-state index contributed by atoms with van der Waals surface area (Å²) in [6, 6.07) is 26.3.